The summed E-state index contributed by atoms with van der Waals surface area (Å²) < 4.78 is 0. The molecule has 0 aromatic rings. The third-order valence-corrected chi connectivity index (χ3v) is 10.8. The van der Waals surface area contributed by atoms with Gasteiger partial charge in [-0.05, 0) is 104 Å². The monoisotopic (exact) mass is 413 g/mol. The van der Waals surface area contributed by atoms with Crippen LogP contribution in [-0.2, 0) is 0 Å². The molecule has 4 aliphatic carbocycles. The maximum Gasteiger partial charge on any atom is 0.0105 e. The second-order valence-electron chi connectivity index (χ2n) is 12.8. The molecule has 0 aliphatic heterocycles. The summed E-state index contributed by atoms with van der Waals surface area (Å²) in [5, 5.41) is 3.75. The van der Waals surface area contributed by atoms with E-state index in [1.54, 1.807) is 0 Å². The zero-order valence-corrected chi connectivity index (χ0v) is 21.1. The molecule has 172 valence electrons. The Morgan fingerprint density at radius 1 is 1.00 bits per heavy atom. The van der Waals surface area contributed by atoms with Crippen molar-refractivity contribution in [2.45, 2.75) is 118 Å². The molecule has 1 nitrogen and oxygen atoms in total. The molecule has 1 N–H and O–H groups in total. The third kappa shape index (κ3) is 3.95. The van der Waals surface area contributed by atoms with Crippen molar-refractivity contribution in [2.75, 3.05) is 6.54 Å². The van der Waals surface area contributed by atoms with Crippen molar-refractivity contribution in [1.29, 1.82) is 0 Å². The predicted octanol–water partition coefficient (Wildman–Crippen LogP) is 8.01. The van der Waals surface area contributed by atoms with Crippen molar-refractivity contribution in [2.24, 2.45) is 46.3 Å². The lowest BCUT2D eigenvalue weighted by Crippen LogP contribution is -2.51. The van der Waals surface area contributed by atoms with Crippen LogP contribution in [0.3, 0.4) is 0 Å². The molecule has 1 heteroatoms. The van der Waals surface area contributed by atoms with Gasteiger partial charge in [-0.2, -0.15) is 0 Å². The van der Waals surface area contributed by atoms with Crippen molar-refractivity contribution in [3.8, 4) is 0 Å². The number of fused-ring (bicyclic) bond motifs is 5. The lowest BCUT2D eigenvalue weighted by molar-refractivity contribution is -0.0514. The SMILES string of the molecule is CCN[C@H]1CCC2(C)C(=CC[C@@H]3C2CCC2(C)C3CCC2[C@H](C)CCCC(C)C)C1. The number of hydrogen-bond donors (Lipinski definition) is 1. The van der Waals surface area contributed by atoms with Crippen molar-refractivity contribution in [1.82, 2.24) is 5.32 Å². The normalized spacial score (nSPS) is 44.2. The van der Waals surface area contributed by atoms with Gasteiger partial charge < -0.3 is 5.32 Å². The maximum absolute atomic E-state index is 3.75. The average Bonchev–Trinajstić information content (AvgIpc) is 3.05. The van der Waals surface area contributed by atoms with Crippen LogP contribution >= 0.6 is 0 Å². The lowest BCUT2D eigenvalue weighted by atomic mass is 9.47. The fourth-order valence-electron chi connectivity index (χ4n) is 9.15. The Morgan fingerprint density at radius 3 is 2.53 bits per heavy atom. The summed E-state index contributed by atoms with van der Waals surface area (Å²) in [5.41, 5.74) is 2.97. The molecule has 3 saturated carbocycles. The molecule has 3 fully saturated rings. The molecule has 4 rings (SSSR count). The molecule has 0 heterocycles. The predicted molar refractivity (Wildman–Crippen MR) is 131 cm³/mol. The van der Waals surface area contributed by atoms with Crippen LogP contribution in [0.25, 0.3) is 0 Å². The first-order valence-corrected chi connectivity index (χ1v) is 13.7. The first-order valence-electron chi connectivity index (χ1n) is 13.7. The van der Waals surface area contributed by atoms with Gasteiger partial charge in [0.1, 0.15) is 0 Å². The van der Waals surface area contributed by atoms with Crippen molar-refractivity contribution < 1.29 is 0 Å². The molecule has 5 unspecified atom stereocenters. The molecule has 4 aliphatic rings. The Hall–Kier alpha value is -0.300. The quantitative estimate of drug-likeness (QED) is 0.417. The molecule has 0 bridgehead atoms. The zero-order chi connectivity index (χ0) is 21.5. The summed E-state index contributed by atoms with van der Waals surface area (Å²) in [6, 6.07) is 0.738. The fraction of sp³-hybridized carbons (Fsp3) is 0.931. The highest BCUT2D eigenvalue weighted by Crippen LogP contribution is 2.67. The van der Waals surface area contributed by atoms with Crippen molar-refractivity contribution in [3.63, 3.8) is 0 Å². The van der Waals surface area contributed by atoms with Crippen molar-refractivity contribution >= 4 is 0 Å². The summed E-state index contributed by atoms with van der Waals surface area (Å²) in [7, 11) is 0. The van der Waals surface area contributed by atoms with E-state index in [9.17, 15) is 0 Å². The Labute approximate surface area is 188 Å². The van der Waals surface area contributed by atoms with Crippen LogP contribution < -0.4 is 5.32 Å². The average molecular weight is 414 g/mol. The minimum absolute atomic E-state index is 0.511. The first kappa shape index (κ1) is 22.9. The Morgan fingerprint density at radius 2 is 1.80 bits per heavy atom. The summed E-state index contributed by atoms with van der Waals surface area (Å²) in [4.78, 5) is 0. The second-order valence-corrected chi connectivity index (χ2v) is 12.8. The van der Waals surface area contributed by atoms with E-state index in [-0.39, 0.29) is 0 Å². The summed E-state index contributed by atoms with van der Waals surface area (Å²) >= 11 is 0. The minimum Gasteiger partial charge on any atom is -0.314 e. The summed E-state index contributed by atoms with van der Waals surface area (Å²) in [5.74, 6) is 5.71. The molecule has 0 aromatic carbocycles. The van der Waals surface area contributed by atoms with Gasteiger partial charge in [0.2, 0.25) is 0 Å². The Balaban J connectivity index is 1.47. The highest BCUT2D eigenvalue weighted by molar-refractivity contribution is 5.26. The molecule has 0 radical (unpaired) electrons. The topological polar surface area (TPSA) is 12.0 Å². The van der Waals surface area contributed by atoms with Gasteiger partial charge in [0.25, 0.3) is 0 Å². The number of allylic oxidation sites excluding steroid dienone is 1. The molecule has 8 atom stereocenters. The fourth-order valence-corrected chi connectivity index (χ4v) is 9.15. The smallest absolute Gasteiger partial charge is 0.0105 e. The van der Waals surface area contributed by atoms with Crippen LogP contribution in [0.5, 0.6) is 0 Å². The van der Waals surface area contributed by atoms with E-state index in [2.05, 4.69) is 52.9 Å². The summed E-state index contributed by atoms with van der Waals surface area (Å²) in [6.07, 6.45) is 18.7. The summed E-state index contributed by atoms with van der Waals surface area (Å²) in [6.45, 7) is 16.2. The second kappa shape index (κ2) is 8.92. The first-order chi connectivity index (χ1) is 14.3. The van der Waals surface area contributed by atoms with Gasteiger partial charge in [0.15, 0.2) is 0 Å². The maximum atomic E-state index is 3.75. The van der Waals surface area contributed by atoms with E-state index >= 15 is 0 Å². The largest absolute Gasteiger partial charge is 0.314 e. The van der Waals surface area contributed by atoms with Gasteiger partial charge in [-0.3, -0.25) is 0 Å². The molecular formula is C29H51N. The van der Waals surface area contributed by atoms with E-state index in [4.69, 9.17) is 0 Å². The Kier molecular flexibility index (Phi) is 6.80. The van der Waals surface area contributed by atoms with Crippen LogP contribution in [0, 0.1) is 46.3 Å². The van der Waals surface area contributed by atoms with Crippen LogP contribution in [0.15, 0.2) is 11.6 Å². The molecule has 0 saturated heterocycles. The van der Waals surface area contributed by atoms with Gasteiger partial charge in [0.05, 0.1) is 0 Å². The van der Waals surface area contributed by atoms with Crippen LogP contribution in [0.2, 0.25) is 0 Å². The minimum atomic E-state index is 0.511. The van der Waals surface area contributed by atoms with Crippen LogP contribution in [0.1, 0.15) is 112 Å². The van der Waals surface area contributed by atoms with E-state index in [1.807, 2.05) is 5.57 Å². The van der Waals surface area contributed by atoms with E-state index in [0.29, 0.717) is 10.8 Å². The molecular weight excluding hydrogens is 362 g/mol. The third-order valence-electron chi connectivity index (χ3n) is 10.8. The van der Waals surface area contributed by atoms with Gasteiger partial charge in [-0.15, -0.1) is 0 Å². The Bertz CT molecular complexity index is 620. The van der Waals surface area contributed by atoms with Gasteiger partial charge in [0, 0.05) is 6.04 Å². The highest BCUT2D eigenvalue weighted by Gasteiger charge is 2.59. The number of nitrogens with one attached hydrogen (secondary N) is 1. The lowest BCUT2D eigenvalue weighted by Gasteiger charge is -2.58. The molecule has 30 heavy (non-hydrogen) atoms. The number of rotatable bonds is 7. The van der Waals surface area contributed by atoms with Crippen molar-refractivity contribution in [3.05, 3.63) is 11.6 Å². The van der Waals surface area contributed by atoms with Crippen LogP contribution in [-0.4, -0.2) is 12.6 Å². The molecule has 0 spiro atoms. The van der Waals surface area contributed by atoms with E-state index < -0.39 is 0 Å². The van der Waals surface area contributed by atoms with Gasteiger partial charge in [-0.1, -0.05) is 72.5 Å². The zero-order valence-electron chi connectivity index (χ0n) is 21.1. The molecule has 0 amide bonds. The number of hydrogen-bond acceptors (Lipinski definition) is 1. The standard InChI is InChI=1S/C29H51N/c1-7-30-23-15-17-28(5)22(19-23)11-12-24-26-14-13-25(21(4)10-8-9-20(2)3)29(26,6)18-16-27(24)28/h11,20-21,23-27,30H,7-10,12-19H2,1-6H3/t21-,23+,24+,25?,26?,27?,28?,29?/m1/s1. The highest BCUT2D eigenvalue weighted by atomic mass is 14.9. The van der Waals surface area contributed by atoms with E-state index in [1.165, 1.54) is 70.6 Å². The van der Waals surface area contributed by atoms with E-state index in [0.717, 1.165) is 48.1 Å². The molecule has 0 aromatic heterocycles. The van der Waals surface area contributed by atoms with Gasteiger partial charge >= 0.3 is 0 Å². The van der Waals surface area contributed by atoms with Crippen LogP contribution in [0.4, 0.5) is 0 Å². The van der Waals surface area contributed by atoms with Gasteiger partial charge in [-0.25, -0.2) is 0 Å².